The SMILES string of the molecule is Cc1nc2ccccn2c1CN1C[C@H]2CC[C@@H]1CN(Cc1ccncc1)C2. The molecule has 3 aromatic heterocycles. The van der Waals surface area contributed by atoms with Crippen molar-refractivity contribution in [2.45, 2.75) is 38.9 Å². The Hall–Kier alpha value is -2.24. The third kappa shape index (κ3) is 3.37. The lowest BCUT2D eigenvalue weighted by molar-refractivity contribution is 0.121. The van der Waals surface area contributed by atoms with Crippen LogP contribution in [-0.2, 0) is 13.1 Å². The summed E-state index contributed by atoms with van der Waals surface area (Å²) in [7, 11) is 0. The molecule has 6 heterocycles. The molecule has 0 radical (unpaired) electrons. The fourth-order valence-corrected chi connectivity index (χ4v) is 4.89. The van der Waals surface area contributed by atoms with Gasteiger partial charge in [0.25, 0.3) is 0 Å². The van der Waals surface area contributed by atoms with E-state index in [2.05, 4.69) is 62.6 Å². The summed E-state index contributed by atoms with van der Waals surface area (Å²) in [6.07, 6.45) is 8.63. The van der Waals surface area contributed by atoms with Crippen molar-refractivity contribution < 1.29 is 0 Å². The highest BCUT2D eigenvalue weighted by molar-refractivity contribution is 5.42. The lowest BCUT2D eigenvalue weighted by atomic mass is 9.95. The molecule has 2 bridgehead atoms. The Bertz CT molecular complexity index is 919. The van der Waals surface area contributed by atoms with Crippen LogP contribution in [0.3, 0.4) is 0 Å². The van der Waals surface area contributed by atoms with Crippen molar-refractivity contribution in [3.8, 4) is 0 Å². The Morgan fingerprint density at radius 3 is 2.78 bits per heavy atom. The van der Waals surface area contributed by atoms with Crippen molar-refractivity contribution in [3.05, 3.63) is 65.9 Å². The highest BCUT2D eigenvalue weighted by Crippen LogP contribution is 2.30. The second-order valence-electron chi connectivity index (χ2n) is 8.15. The fourth-order valence-electron chi connectivity index (χ4n) is 4.89. The van der Waals surface area contributed by atoms with Gasteiger partial charge in [0.05, 0.1) is 11.4 Å². The van der Waals surface area contributed by atoms with E-state index in [-0.39, 0.29) is 0 Å². The molecule has 0 spiro atoms. The molecule has 0 unspecified atom stereocenters. The molecule has 0 N–H and O–H groups in total. The Morgan fingerprint density at radius 2 is 1.89 bits per heavy atom. The van der Waals surface area contributed by atoms with Gasteiger partial charge in [0, 0.05) is 57.4 Å². The van der Waals surface area contributed by atoms with Gasteiger partial charge in [0.2, 0.25) is 0 Å². The summed E-state index contributed by atoms with van der Waals surface area (Å²) in [6.45, 7) is 7.76. The van der Waals surface area contributed by atoms with Gasteiger partial charge in [-0.05, 0) is 55.5 Å². The molecule has 140 valence electrons. The molecule has 0 saturated carbocycles. The summed E-state index contributed by atoms with van der Waals surface area (Å²) in [5, 5.41) is 0. The summed E-state index contributed by atoms with van der Waals surface area (Å²) < 4.78 is 2.27. The van der Waals surface area contributed by atoms with Crippen molar-refractivity contribution in [2.75, 3.05) is 19.6 Å². The summed E-state index contributed by atoms with van der Waals surface area (Å²) in [4.78, 5) is 14.3. The van der Waals surface area contributed by atoms with Crippen LogP contribution < -0.4 is 0 Å². The molecule has 0 aromatic carbocycles. The Kier molecular flexibility index (Phi) is 4.42. The van der Waals surface area contributed by atoms with Crippen molar-refractivity contribution >= 4 is 5.65 Å². The standard InChI is InChI=1S/C22H27N5/c1-17-21(27-11-3-2-4-22(27)24-17)16-26-14-19-5-6-20(26)15-25(13-19)12-18-7-9-23-10-8-18/h2-4,7-11,19-20H,5-6,12-16H2,1H3/t19-,20+/m0/s1. The number of nitrogens with zero attached hydrogens (tertiary/aromatic N) is 5. The van der Waals surface area contributed by atoms with Crippen LogP contribution in [0.15, 0.2) is 48.9 Å². The first kappa shape index (κ1) is 16.9. The zero-order valence-electron chi connectivity index (χ0n) is 16.0. The highest BCUT2D eigenvalue weighted by Gasteiger charge is 2.35. The minimum Gasteiger partial charge on any atom is -0.302 e. The first-order valence-electron chi connectivity index (χ1n) is 10.0. The number of piperidine rings is 1. The van der Waals surface area contributed by atoms with Crippen LogP contribution in [0.25, 0.3) is 5.65 Å². The van der Waals surface area contributed by atoms with Crippen LogP contribution >= 0.6 is 0 Å². The molecular formula is C22H27N5. The van der Waals surface area contributed by atoms with Gasteiger partial charge in [-0.3, -0.25) is 14.8 Å². The largest absolute Gasteiger partial charge is 0.302 e. The van der Waals surface area contributed by atoms with Crippen LogP contribution in [0, 0.1) is 12.8 Å². The smallest absolute Gasteiger partial charge is 0.137 e. The topological polar surface area (TPSA) is 36.7 Å². The quantitative estimate of drug-likeness (QED) is 0.715. The van der Waals surface area contributed by atoms with Crippen LogP contribution in [0.1, 0.15) is 29.8 Å². The maximum Gasteiger partial charge on any atom is 0.137 e. The number of hydrogen-bond donors (Lipinski definition) is 0. The number of imidazole rings is 1. The maximum atomic E-state index is 4.75. The van der Waals surface area contributed by atoms with E-state index in [9.17, 15) is 0 Å². The molecular weight excluding hydrogens is 334 g/mol. The van der Waals surface area contributed by atoms with Crippen molar-refractivity contribution in [1.82, 2.24) is 24.2 Å². The number of hydrogen-bond acceptors (Lipinski definition) is 4. The maximum absolute atomic E-state index is 4.75. The molecule has 2 atom stereocenters. The van der Waals surface area contributed by atoms with Crippen molar-refractivity contribution in [1.29, 1.82) is 0 Å². The first-order chi connectivity index (χ1) is 13.3. The van der Waals surface area contributed by atoms with Gasteiger partial charge in [-0.1, -0.05) is 6.07 Å². The zero-order valence-corrected chi connectivity index (χ0v) is 16.0. The molecule has 6 rings (SSSR count). The lowest BCUT2D eigenvalue weighted by Gasteiger charge is -2.36. The van der Waals surface area contributed by atoms with Crippen LogP contribution in [-0.4, -0.2) is 49.8 Å². The molecule has 0 aliphatic carbocycles. The van der Waals surface area contributed by atoms with Gasteiger partial charge in [-0.25, -0.2) is 4.98 Å². The van der Waals surface area contributed by atoms with E-state index in [1.807, 2.05) is 12.4 Å². The van der Waals surface area contributed by atoms with Crippen LogP contribution in [0.2, 0.25) is 0 Å². The van der Waals surface area contributed by atoms with E-state index in [4.69, 9.17) is 4.98 Å². The molecule has 5 nitrogen and oxygen atoms in total. The van der Waals surface area contributed by atoms with Crippen molar-refractivity contribution in [3.63, 3.8) is 0 Å². The third-order valence-corrected chi connectivity index (χ3v) is 6.24. The number of aromatic nitrogens is 3. The number of rotatable bonds is 4. The second-order valence-corrected chi connectivity index (χ2v) is 8.15. The molecule has 3 aromatic rings. The molecule has 3 aliphatic rings. The minimum atomic E-state index is 0.638. The summed E-state index contributed by atoms with van der Waals surface area (Å²) in [6, 6.07) is 11.2. The minimum absolute atomic E-state index is 0.638. The van der Waals surface area contributed by atoms with Crippen LogP contribution in [0.5, 0.6) is 0 Å². The summed E-state index contributed by atoms with van der Waals surface area (Å²) in [5.74, 6) is 0.769. The fraction of sp³-hybridized carbons (Fsp3) is 0.455. The average Bonchev–Trinajstić information content (AvgIpc) is 2.82. The number of pyridine rings is 2. The van der Waals surface area contributed by atoms with Gasteiger partial charge >= 0.3 is 0 Å². The molecule has 0 amide bonds. The Balaban J connectivity index is 1.35. The monoisotopic (exact) mass is 361 g/mol. The highest BCUT2D eigenvalue weighted by atomic mass is 15.3. The van der Waals surface area contributed by atoms with E-state index in [1.165, 1.54) is 37.2 Å². The van der Waals surface area contributed by atoms with Crippen molar-refractivity contribution in [2.24, 2.45) is 5.92 Å². The van der Waals surface area contributed by atoms with E-state index in [1.54, 1.807) is 0 Å². The van der Waals surface area contributed by atoms with Crippen LogP contribution in [0.4, 0.5) is 0 Å². The summed E-state index contributed by atoms with van der Waals surface area (Å²) in [5.41, 5.74) is 4.94. The lowest BCUT2D eigenvalue weighted by Crippen LogP contribution is -2.43. The molecule has 5 heteroatoms. The molecule has 3 saturated heterocycles. The predicted molar refractivity (Wildman–Crippen MR) is 106 cm³/mol. The number of fused-ring (bicyclic) bond motifs is 5. The zero-order chi connectivity index (χ0) is 18.2. The second kappa shape index (κ2) is 7.06. The first-order valence-corrected chi connectivity index (χ1v) is 10.0. The van der Waals surface area contributed by atoms with E-state index in [0.717, 1.165) is 36.9 Å². The molecule has 3 fully saturated rings. The average molecular weight is 361 g/mol. The molecule has 3 aliphatic heterocycles. The third-order valence-electron chi connectivity index (χ3n) is 6.24. The van der Waals surface area contributed by atoms with Gasteiger partial charge in [-0.15, -0.1) is 0 Å². The normalized spacial score (nSPS) is 23.7. The van der Waals surface area contributed by atoms with Gasteiger partial charge < -0.3 is 4.40 Å². The van der Waals surface area contributed by atoms with E-state index in [0.29, 0.717) is 6.04 Å². The molecule has 27 heavy (non-hydrogen) atoms. The van der Waals surface area contributed by atoms with E-state index < -0.39 is 0 Å². The predicted octanol–water partition coefficient (Wildman–Crippen LogP) is 3.13. The number of aryl methyl sites for hydroxylation is 1. The summed E-state index contributed by atoms with van der Waals surface area (Å²) >= 11 is 0. The Morgan fingerprint density at radius 1 is 1.00 bits per heavy atom. The van der Waals surface area contributed by atoms with Gasteiger partial charge in [-0.2, -0.15) is 0 Å². The van der Waals surface area contributed by atoms with E-state index >= 15 is 0 Å². The Labute approximate surface area is 160 Å². The van der Waals surface area contributed by atoms with Gasteiger partial charge in [0.15, 0.2) is 0 Å². The van der Waals surface area contributed by atoms with Gasteiger partial charge in [0.1, 0.15) is 5.65 Å².